The molecule has 3 aromatic rings. The lowest BCUT2D eigenvalue weighted by Crippen LogP contribution is -2.23. The highest BCUT2D eigenvalue weighted by molar-refractivity contribution is 6.33. The Bertz CT molecular complexity index is 1160. The predicted molar refractivity (Wildman–Crippen MR) is 120 cm³/mol. The summed E-state index contributed by atoms with van der Waals surface area (Å²) in [6.07, 6.45) is 6.68. The zero-order valence-electron chi connectivity index (χ0n) is 17.9. The van der Waals surface area contributed by atoms with E-state index in [1.54, 1.807) is 13.2 Å². The Balaban J connectivity index is 1.42. The number of nitrogens with zero attached hydrogens (tertiary/aromatic N) is 2. The summed E-state index contributed by atoms with van der Waals surface area (Å²) in [6.45, 7) is 1.86. The van der Waals surface area contributed by atoms with Crippen LogP contribution in [0.3, 0.4) is 0 Å². The van der Waals surface area contributed by atoms with Crippen molar-refractivity contribution in [3.63, 3.8) is 0 Å². The van der Waals surface area contributed by atoms with Gasteiger partial charge in [0.1, 0.15) is 0 Å². The third kappa shape index (κ3) is 3.94. The molecule has 2 aromatic carbocycles. The molecule has 0 bridgehead atoms. The lowest BCUT2D eigenvalue weighted by molar-refractivity contribution is -0.0445. The van der Waals surface area contributed by atoms with Gasteiger partial charge in [-0.3, -0.25) is 10.3 Å². The zero-order valence-corrected chi connectivity index (χ0v) is 18.7. The van der Waals surface area contributed by atoms with Crippen LogP contribution in [-0.4, -0.2) is 23.4 Å². The summed E-state index contributed by atoms with van der Waals surface area (Å²) in [5.41, 5.74) is 4.45. The van der Waals surface area contributed by atoms with Crippen LogP contribution in [0.5, 0.6) is 11.5 Å². The van der Waals surface area contributed by atoms with Crippen LogP contribution >= 0.6 is 11.6 Å². The number of methoxy groups -OCH3 is 1. The van der Waals surface area contributed by atoms with Gasteiger partial charge >= 0.3 is 0 Å². The molecule has 1 aliphatic carbocycles. The van der Waals surface area contributed by atoms with Crippen molar-refractivity contribution in [1.82, 2.24) is 15.6 Å². The molecule has 7 nitrogen and oxygen atoms in total. The molecule has 2 aliphatic rings. The standard InChI is InChI=1S/C24H24ClN3O4/c1-24(23-26-22(28-31-23)17-9-5-6-10-18(17)25)14-19(27-32-24)15-11-12-20(29-2)21(13-15)30-16-7-3-4-8-16/h5-6,9-14,16,27H,3-4,7-8H2,1-2H3. The normalized spacial score (nSPS) is 20.8. The molecule has 1 unspecified atom stereocenters. The van der Waals surface area contributed by atoms with E-state index in [1.807, 2.05) is 49.4 Å². The highest BCUT2D eigenvalue weighted by Crippen LogP contribution is 2.38. The van der Waals surface area contributed by atoms with Gasteiger partial charge in [-0.25, -0.2) is 0 Å². The van der Waals surface area contributed by atoms with Crippen LogP contribution in [0.25, 0.3) is 17.1 Å². The maximum absolute atomic E-state index is 6.27. The highest BCUT2D eigenvalue weighted by atomic mass is 35.5. The van der Waals surface area contributed by atoms with Crippen LogP contribution in [-0.2, 0) is 10.4 Å². The average Bonchev–Trinajstić information content (AvgIpc) is 3.56. The van der Waals surface area contributed by atoms with Crippen LogP contribution < -0.4 is 15.0 Å². The number of halogens is 1. The van der Waals surface area contributed by atoms with E-state index in [2.05, 4.69) is 15.6 Å². The summed E-state index contributed by atoms with van der Waals surface area (Å²) in [5, 5.41) is 4.64. The van der Waals surface area contributed by atoms with Crippen molar-refractivity contribution in [2.24, 2.45) is 0 Å². The van der Waals surface area contributed by atoms with Crippen molar-refractivity contribution >= 4 is 17.3 Å². The fourth-order valence-electron chi connectivity index (χ4n) is 4.04. The SMILES string of the molecule is COc1ccc(C2=CC(C)(c3nc(-c4ccccc4Cl)no3)ON2)cc1OC1CCCC1. The van der Waals surface area contributed by atoms with Gasteiger partial charge in [0.2, 0.25) is 5.82 Å². The van der Waals surface area contributed by atoms with Gasteiger partial charge in [-0.1, -0.05) is 28.9 Å². The minimum absolute atomic E-state index is 0.229. The van der Waals surface area contributed by atoms with E-state index in [0.29, 0.717) is 28.1 Å². The van der Waals surface area contributed by atoms with Crippen molar-refractivity contribution in [1.29, 1.82) is 0 Å². The first-order chi connectivity index (χ1) is 15.6. The van der Waals surface area contributed by atoms with E-state index in [1.165, 1.54) is 12.8 Å². The van der Waals surface area contributed by atoms with Gasteiger partial charge in [0.15, 0.2) is 17.1 Å². The first kappa shape index (κ1) is 20.8. The maximum atomic E-state index is 6.27. The van der Waals surface area contributed by atoms with Gasteiger partial charge in [0, 0.05) is 11.1 Å². The molecule has 1 aromatic heterocycles. The molecule has 1 atom stereocenters. The topological polar surface area (TPSA) is 78.6 Å². The zero-order chi connectivity index (χ0) is 22.1. The minimum Gasteiger partial charge on any atom is -0.493 e. The number of hydroxylamine groups is 1. The van der Waals surface area contributed by atoms with Crippen molar-refractivity contribution in [3.05, 3.63) is 65.0 Å². The van der Waals surface area contributed by atoms with Gasteiger partial charge in [-0.15, -0.1) is 0 Å². The first-order valence-corrected chi connectivity index (χ1v) is 11.0. The fourth-order valence-corrected chi connectivity index (χ4v) is 4.26. The third-order valence-corrected chi connectivity index (χ3v) is 6.16. The Kier molecular flexibility index (Phi) is 5.53. The molecule has 1 fully saturated rings. The molecule has 0 radical (unpaired) electrons. The van der Waals surface area contributed by atoms with Crippen LogP contribution in [0.4, 0.5) is 0 Å². The van der Waals surface area contributed by atoms with Crippen molar-refractivity contribution in [2.45, 2.75) is 44.3 Å². The summed E-state index contributed by atoms with van der Waals surface area (Å²) < 4.78 is 17.2. The van der Waals surface area contributed by atoms with Gasteiger partial charge < -0.3 is 14.0 Å². The number of benzene rings is 2. The van der Waals surface area contributed by atoms with Crippen LogP contribution in [0, 0.1) is 0 Å². The average molecular weight is 454 g/mol. The second-order valence-electron chi connectivity index (χ2n) is 8.16. The van der Waals surface area contributed by atoms with Gasteiger partial charge in [0.25, 0.3) is 5.89 Å². The van der Waals surface area contributed by atoms with Crippen LogP contribution in [0.1, 0.15) is 44.1 Å². The Morgan fingerprint density at radius 1 is 1.12 bits per heavy atom. The lowest BCUT2D eigenvalue weighted by atomic mass is 10.0. The largest absolute Gasteiger partial charge is 0.493 e. The molecule has 8 heteroatoms. The summed E-state index contributed by atoms with van der Waals surface area (Å²) >= 11 is 6.27. The van der Waals surface area contributed by atoms with Crippen LogP contribution in [0.2, 0.25) is 5.02 Å². The van der Waals surface area contributed by atoms with Crippen molar-refractivity contribution in [3.8, 4) is 22.9 Å². The van der Waals surface area contributed by atoms with E-state index in [0.717, 1.165) is 29.9 Å². The third-order valence-electron chi connectivity index (χ3n) is 5.83. The second kappa shape index (κ2) is 8.48. The Morgan fingerprint density at radius 2 is 1.94 bits per heavy atom. The van der Waals surface area contributed by atoms with E-state index in [-0.39, 0.29) is 6.10 Å². The molecule has 166 valence electrons. The molecule has 1 saturated carbocycles. The molecule has 0 saturated heterocycles. The Labute approximate surface area is 191 Å². The van der Waals surface area contributed by atoms with Crippen LogP contribution in [0.15, 0.2) is 53.1 Å². The summed E-state index contributed by atoms with van der Waals surface area (Å²) in [4.78, 5) is 10.4. The molecule has 5 rings (SSSR count). The minimum atomic E-state index is -0.936. The van der Waals surface area contributed by atoms with Crippen molar-refractivity contribution in [2.75, 3.05) is 7.11 Å². The summed E-state index contributed by atoms with van der Waals surface area (Å²) in [6, 6.07) is 13.2. The summed E-state index contributed by atoms with van der Waals surface area (Å²) in [5.74, 6) is 2.18. The second-order valence-corrected chi connectivity index (χ2v) is 8.57. The molecule has 2 heterocycles. The van der Waals surface area contributed by atoms with Gasteiger partial charge in [0.05, 0.1) is 23.9 Å². The Morgan fingerprint density at radius 3 is 2.72 bits per heavy atom. The first-order valence-electron chi connectivity index (χ1n) is 10.7. The highest BCUT2D eigenvalue weighted by Gasteiger charge is 2.38. The number of aromatic nitrogens is 2. The number of ether oxygens (including phenoxy) is 2. The molecule has 0 amide bonds. The van der Waals surface area contributed by atoms with E-state index >= 15 is 0 Å². The Hall–Kier alpha value is -3.03. The number of nitrogens with one attached hydrogen (secondary N) is 1. The van der Waals surface area contributed by atoms with Gasteiger partial charge in [-0.05, 0) is 69.0 Å². The number of rotatable bonds is 6. The number of hydrogen-bond acceptors (Lipinski definition) is 7. The predicted octanol–water partition coefficient (Wildman–Crippen LogP) is 5.51. The van der Waals surface area contributed by atoms with E-state index < -0.39 is 5.60 Å². The maximum Gasteiger partial charge on any atom is 0.265 e. The van der Waals surface area contributed by atoms with E-state index in [4.69, 9.17) is 30.4 Å². The molecule has 32 heavy (non-hydrogen) atoms. The van der Waals surface area contributed by atoms with E-state index in [9.17, 15) is 0 Å². The molecular formula is C24H24ClN3O4. The number of hydrogen-bond donors (Lipinski definition) is 1. The monoisotopic (exact) mass is 453 g/mol. The van der Waals surface area contributed by atoms with Gasteiger partial charge in [-0.2, -0.15) is 4.98 Å². The molecule has 1 aliphatic heterocycles. The molecular weight excluding hydrogens is 430 g/mol. The lowest BCUT2D eigenvalue weighted by Gasteiger charge is -2.17. The quantitative estimate of drug-likeness (QED) is 0.527. The smallest absolute Gasteiger partial charge is 0.265 e. The summed E-state index contributed by atoms with van der Waals surface area (Å²) in [7, 11) is 1.65. The fraction of sp³-hybridized carbons (Fsp3) is 0.333. The van der Waals surface area contributed by atoms with Crippen molar-refractivity contribution < 1.29 is 18.8 Å². The molecule has 1 N–H and O–H groups in total. The molecule has 0 spiro atoms.